The minimum atomic E-state index is 0.301. The summed E-state index contributed by atoms with van der Waals surface area (Å²) in [6.45, 7) is 4.35. The molecule has 180 valence electrons. The van der Waals surface area contributed by atoms with Crippen molar-refractivity contribution in [3.05, 3.63) is 106 Å². The van der Waals surface area contributed by atoms with Crippen LogP contribution in [0.1, 0.15) is 27.8 Å². The molecule has 0 saturated heterocycles. The van der Waals surface area contributed by atoms with Crippen LogP contribution in [0.4, 0.5) is 11.6 Å². The van der Waals surface area contributed by atoms with Crippen LogP contribution in [-0.2, 0) is 6.54 Å². The summed E-state index contributed by atoms with van der Waals surface area (Å²) in [5, 5.41) is 22.1. The third-order valence-electron chi connectivity index (χ3n) is 5.89. The zero-order valence-corrected chi connectivity index (χ0v) is 20.9. The first-order valence-electron chi connectivity index (χ1n) is 11.5. The Balaban J connectivity index is 1.64. The van der Waals surface area contributed by atoms with Crippen LogP contribution in [-0.4, -0.2) is 14.5 Å². The molecule has 37 heavy (non-hydrogen) atoms. The van der Waals surface area contributed by atoms with E-state index in [1.807, 2.05) is 54.9 Å². The number of aromatic nitrogens is 3. The topological polar surface area (TPSA) is 99.5 Å². The first-order chi connectivity index (χ1) is 17.9. The Morgan fingerprint density at radius 3 is 2.24 bits per heavy atom. The molecule has 0 radical (unpaired) electrons. The fourth-order valence-corrected chi connectivity index (χ4v) is 4.43. The predicted octanol–water partition coefficient (Wildman–Crippen LogP) is 7.03. The fraction of sp³-hybridized carbons (Fsp3) is 0.103. The summed E-state index contributed by atoms with van der Waals surface area (Å²) in [6, 6.07) is 24.9. The molecule has 5 aromatic rings. The normalized spacial score (nSPS) is 10.6. The lowest BCUT2D eigenvalue weighted by molar-refractivity contribution is 0.459. The minimum absolute atomic E-state index is 0.301. The maximum Gasteiger partial charge on any atom is 0.249 e. The van der Waals surface area contributed by atoms with Gasteiger partial charge in [0.1, 0.15) is 16.8 Å². The van der Waals surface area contributed by atoms with Gasteiger partial charge in [0.2, 0.25) is 11.8 Å². The van der Waals surface area contributed by atoms with Crippen LogP contribution in [0.2, 0.25) is 5.02 Å². The molecule has 5 rings (SSSR count). The third-order valence-corrected chi connectivity index (χ3v) is 6.17. The SMILES string of the molecule is Cc1cc(C#N)cc(C)c1Oc1nc(Nc2ccc(C#N)cc2)nc2c(Cl)cn(Cc3ccccc3)c12. The summed E-state index contributed by atoms with van der Waals surface area (Å²) in [6.07, 6.45) is 1.82. The van der Waals surface area contributed by atoms with E-state index in [0.29, 0.717) is 51.3 Å². The molecule has 0 fully saturated rings. The van der Waals surface area contributed by atoms with Gasteiger partial charge in [0.15, 0.2) is 0 Å². The molecule has 2 aromatic heterocycles. The standard InChI is InChI=1S/C29H21ClN6O/c1-18-12-22(15-32)13-19(2)27(18)37-28-26-25(24(30)17-36(26)16-21-6-4-3-5-7-21)34-29(35-28)33-23-10-8-20(14-31)9-11-23/h3-13,17H,16H2,1-2H3,(H,33,34,35). The van der Waals surface area contributed by atoms with E-state index < -0.39 is 0 Å². The van der Waals surface area contributed by atoms with Gasteiger partial charge in [-0.3, -0.25) is 0 Å². The molecule has 2 heterocycles. The van der Waals surface area contributed by atoms with E-state index in [4.69, 9.17) is 26.6 Å². The Morgan fingerprint density at radius 2 is 1.59 bits per heavy atom. The molecule has 0 atom stereocenters. The van der Waals surface area contributed by atoms with Crippen LogP contribution in [0.15, 0.2) is 72.9 Å². The van der Waals surface area contributed by atoms with Crippen molar-refractivity contribution in [3.63, 3.8) is 0 Å². The number of hydrogen-bond donors (Lipinski definition) is 1. The lowest BCUT2D eigenvalue weighted by Gasteiger charge is -2.15. The number of fused-ring (bicyclic) bond motifs is 1. The van der Waals surface area contributed by atoms with E-state index in [-0.39, 0.29) is 0 Å². The van der Waals surface area contributed by atoms with Gasteiger partial charge in [-0.2, -0.15) is 15.5 Å². The van der Waals surface area contributed by atoms with Gasteiger partial charge < -0.3 is 14.6 Å². The van der Waals surface area contributed by atoms with Gasteiger partial charge in [-0.25, -0.2) is 4.98 Å². The molecule has 0 aliphatic carbocycles. The average Bonchev–Trinajstić information content (AvgIpc) is 3.21. The molecular formula is C29H21ClN6O. The van der Waals surface area contributed by atoms with Gasteiger partial charge in [-0.1, -0.05) is 41.9 Å². The van der Waals surface area contributed by atoms with Crippen molar-refractivity contribution >= 4 is 34.3 Å². The molecule has 3 aromatic carbocycles. The number of hydrogen-bond acceptors (Lipinski definition) is 6. The molecule has 8 heteroatoms. The van der Waals surface area contributed by atoms with E-state index >= 15 is 0 Å². The molecular weight excluding hydrogens is 484 g/mol. The summed E-state index contributed by atoms with van der Waals surface area (Å²) >= 11 is 6.67. The number of nitrogens with zero attached hydrogens (tertiary/aromatic N) is 5. The highest BCUT2D eigenvalue weighted by molar-refractivity contribution is 6.35. The summed E-state index contributed by atoms with van der Waals surface area (Å²) in [5.41, 5.74) is 5.76. The highest BCUT2D eigenvalue weighted by Gasteiger charge is 2.20. The maximum absolute atomic E-state index is 9.34. The van der Waals surface area contributed by atoms with Gasteiger partial charge in [0, 0.05) is 18.4 Å². The summed E-state index contributed by atoms with van der Waals surface area (Å²) in [5.74, 6) is 1.25. The van der Waals surface area contributed by atoms with Crippen LogP contribution < -0.4 is 10.1 Å². The van der Waals surface area contributed by atoms with E-state index in [1.165, 1.54) is 0 Å². The van der Waals surface area contributed by atoms with Crippen LogP contribution >= 0.6 is 11.6 Å². The van der Waals surface area contributed by atoms with Crippen LogP contribution in [0.25, 0.3) is 11.0 Å². The summed E-state index contributed by atoms with van der Waals surface area (Å²) in [4.78, 5) is 9.41. The molecule has 0 bridgehead atoms. The number of rotatable bonds is 6. The number of aryl methyl sites for hydroxylation is 2. The number of nitriles is 2. The van der Waals surface area contributed by atoms with Crippen LogP contribution in [0.5, 0.6) is 11.6 Å². The number of halogens is 1. The van der Waals surface area contributed by atoms with E-state index in [1.54, 1.807) is 36.4 Å². The van der Waals surface area contributed by atoms with Gasteiger partial charge in [0.05, 0.1) is 28.3 Å². The second kappa shape index (κ2) is 10.0. The summed E-state index contributed by atoms with van der Waals surface area (Å²) < 4.78 is 8.41. The van der Waals surface area contributed by atoms with Crippen LogP contribution in [0, 0.1) is 36.5 Å². The van der Waals surface area contributed by atoms with Crippen molar-refractivity contribution in [1.82, 2.24) is 14.5 Å². The van der Waals surface area contributed by atoms with Crippen molar-refractivity contribution in [2.24, 2.45) is 0 Å². The quantitative estimate of drug-likeness (QED) is 0.266. The molecule has 0 amide bonds. The van der Waals surface area contributed by atoms with Crippen LogP contribution in [0.3, 0.4) is 0 Å². The molecule has 0 aliphatic rings. The Bertz CT molecular complexity index is 1670. The van der Waals surface area contributed by atoms with Crippen molar-refractivity contribution in [2.75, 3.05) is 5.32 Å². The van der Waals surface area contributed by atoms with Crippen molar-refractivity contribution in [3.8, 4) is 23.8 Å². The Kier molecular flexibility index (Phi) is 6.47. The predicted molar refractivity (Wildman–Crippen MR) is 143 cm³/mol. The molecule has 0 saturated carbocycles. The third kappa shape index (κ3) is 4.95. The van der Waals surface area contributed by atoms with Crippen molar-refractivity contribution in [1.29, 1.82) is 10.5 Å². The Hall–Kier alpha value is -4.85. The number of ether oxygens (including phenoxy) is 1. The smallest absolute Gasteiger partial charge is 0.249 e. The lowest BCUT2D eigenvalue weighted by atomic mass is 10.1. The van der Waals surface area contributed by atoms with Gasteiger partial charge in [0.25, 0.3) is 0 Å². The molecule has 0 unspecified atom stereocenters. The van der Waals surface area contributed by atoms with E-state index in [0.717, 1.165) is 22.4 Å². The van der Waals surface area contributed by atoms with Crippen molar-refractivity contribution in [2.45, 2.75) is 20.4 Å². The van der Waals surface area contributed by atoms with E-state index in [2.05, 4.69) is 22.4 Å². The molecule has 0 spiro atoms. The number of benzene rings is 3. The first-order valence-corrected chi connectivity index (χ1v) is 11.9. The Labute approximate surface area is 219 Å². The molecule has 1 N–H and O–H groups in total. The second-order valence-electron chi connectivity index (χ2n) is 8.61. The first kappa shape index (κ1) is 23.9. The maximum atomic E-state index is 9.34. The van der Waals surface area contributed by atoms with Gasteiger partial charge in [-0.15, -0.1) is 0 Å². The zero-order chi connectivity index (χ0) is 25.9. The molecule has 7 nitrogen and oxygen atoms in total. The average molecular weight is 505 g/mol. The second-order valence-corrected chi connectivity index (χ2v) is 9.01. The molecule has 0 aliphatic heterocycles. The highest BCUT2D eigenvalue weighted by atomic mass is 35.5. The Morgan fingerprint density at radius 1 is 0.919 bits per heavy atom. The minimum Gasteiger partial charge on any atom is -0.436 e. The van der Waals surface area contributed by atoms with Crippen molar-refractivity contribution < 1.29 is 4.74 Å². The van der Waals surface area contributed by atoms with E-state index in [9.17, 15) is 5.26 Å². The summed E-state index contributed by atoms with van der Waals surface area (Å²) in [7, 11) is 0. The van der Waals surface area contributed by atoms with Gasteiger partial charge >= 0.3 is 0 Å². The monoisotopic (exact) mass is 504 g/mol. The largest absolute Gasteiger partial charge is 0.436 e. The fourth-order valence-electron chi connectivity index (χ4n) is 4.18. The zero-order valence-electron chi connectivity index (χ0n) is 20.2. The lowest BCUT2D eigenvalue weighted by Crippen LogP contribution is -2.04. The van der Waals surface area contributed by atoms with Gasteiger partial charge in [-0.05, 0) is 66.9 Å². The number of anilines is 2. The highest BCUT2D eigenvalue weighted by Crippen LogP contribution is 2.37. The number of nitrogens with one attached hydrogen (secondary N) is 1.